The second kappa shape index (κ2) is 5.98. The first-order valence-electron chi connectivity index (χ1n) is 6.81. The quantitative estimate of drug-likeness (QED) is 0.855. The highest BCUT2D eigenvalue weighted by Crippen LogP contribution is 2.30. The molecule has 2 nitrogen and oxygen atoms in total. The van der Waals surface area contributed by atoms with Gasteiger partial charge in [-0.1, -0.05) is 30.3 Å². The number of aryl methyl sites for hydroxylation is 2. The summed E-state index contributed by atoms with van der Waals surface area (Å²) in [5.41, 5.74) is 2.30. The van der Waals surface area contributed by atoms with Crippen LogP contribution in [-0.4, -0.2) is 5.91 Å². The summed E-state index contributed by atoms with van der Waals surface area (Å²) in [6.45, 7) is 0.576. The van der Waals surface area contributed by atoms with Gasteiger partial charge in [-0.05, 0) is 36.5 Å². The van der Waals surface area contributed by atoms with Crippen LogP contribution in [0.5, 0.6) is 0 Å². The molecular weight excluding hydrogens is 290 g/mol. The molecule has 1 aliphatic rings. The summed E-state index contributed by atoms with van der Waals surface area (Å²) in [6.07, 6.45) is 3.64. The number of carbonyl (C=O) groups excluding carboxylic acids is 1. The Morgan fingerprint density at radius 1 is 1.30 bits per heavy atom. The fourth-order valence-electron chi connectivity index (χ4n) is 2.51. The largest absolute Gasteiger partial charge is 0.350 e. The Bertz CT molecular complexity index is 587. The summed E-state index contributed by atoms with van der Waals surface area (Å²) in [7, 11) is 0. The van der Waals surface area contributed by atoms with Crippen LogP contribution in [0.3, 0.4) is 0 Å². The average molecular weight is 306 g/mol. The van der Waals surface area contributed by atoms with Gasteiger partial charge in [0.05, 0.1) is 6.54 Å². The van der Waals surface area contributed by atoms with Crippen molar-refractivity contribution in [3.8, 4) is 0 Å². The van der Waals surface area contributed by atoms with Gasteiger partial charge in [0.15, 0.2) is 0 Å². The Labute approximate surface area is 127 Å². The van der Waals surface area contributed by atoms with Crippen molar-refractivity contribution in [2.45, 2.75) is 31.2 Å². The summed E-state index contributed by atoms with van der Waals surface area (Å²) >= 11 is 8.00. The zero-order chi connectivity index (χ0) is 13.9. The summed E-state index contributed by atoms with van der Waals surface area (Å²) < 4.78 is 0. The van der Waals surface area contributed by atoms with E-state index in [4.69, 9.17) is 11.6 Å². The van der Waals surface area contributed by atoms with Gasteiger partial charge in [-0.15, -0.1) is 22.9 Å². The topological polar surface area (TPSA) is 29.1 Å². The van der Waals surface area contributed by atoms with Crippen molar-refractivity contribution >= 4 is 28.8 Å². The van der Waals surface area contributed by atoms with E-state index in [-0.39, 0.29) is 5.91 Å². The molecule has 2 aromatic rings. The molecule has 1 aromatic heterocycles. The lowest BCUT2D eigenvalue weighted by Crippen LogP contribution is -2.26. The SMILES string of the molecule is O=C(NCc1cc2c(s1)CCC2)C(Cl)c1ccccc1. The van der Waals surface area contributed by atoms with Crippen molar-refractivity contribution in [1.82, 2.24) is 5.32 Å². The molecule has 0 fully saturated rings. The Morgan fingerprint density at radius 2 is 2.10 bits per heavy atom. The Hall–Kier alpha value is -1.32. The number of nitrogens with one attached hydrogen (secondary N) is 1. The number of fused-ring (bicyclic) bond motifs is 1. The molecule has 0 aliphatic heterocycles. The molecule has 0 saturated heterocycles. The van der Waals surface area contributed by atoms with E-state index in [1.165, 1.54) is 34.6 Å². The van der Waals surface area contributed by atoms with Crippen LogP contribution in [-0.2, 0) is 24.2 Å². The number of hydrogen-bond acceptors (Lipinski definition) is 2. The van der Waals surface area contributed by atoms with Crippen LogP contribution in [0.15, 0.2) is 36.4 Å². The van der Waals surface area contributed by atoms with Gasteiger partial charge < -0.3 is 5.32 Å². The molecule has 0 radical (unpaired) electrons. The highest BCUT2D eigenvalue weighted by atomic mass is 35.5. The first-order chi connectivity index (χ1) is 9.74. The zero-order valence-electron chi connectivity index (χ0n) is 11.1. The number of hydrogen-bond donors (Lipinski definition) is 1. The van der Waals surface area contributed by atoms with E-state index in [0.717, 1.165) is 5.56 Å². The lowest BCUT2D eigenvalue weighted by atomic mass is 10.1. The van der Waals surface area contributed by atoms with Crippen molar-refractivity contribution in [3.63, 3.8) is 0 Å². The van der Waals surface area contributed by atoms with Gasteiger partial charge in [0, 0.05) is 9.75 Å². The van der Waals surface area contributed by atoms with Gasteiger partial charge in [-0.25, -0.2) is 0 Å². The lowest BCUT2D eigenvalue weighted by molar-refractivity contribution is -0.121. The van der Waals surface area contributed by atoms with Crippen LogP contribution >= 0.6 is 22.9 Å². The molecule has 0 bridgehead atoms. The van der Waals surface area contributed by atoms with Crippen molar-refractivity contribution < 1.29 is 4.79 Å². The van der Waals surface area contributed by atoms with Crippen LogP contribution in [0.1, 0.15) is 32.7 Å². The van der Waals surface area contributed by atoms with Crippen LogP contribution in [0.4, 0.5) is 0 Å². The molecule has 1 aliphatic carbocycles. The van der Waals surface area contributed by atoms with E-state index in [9.17, 15) is 4.79 Å². The van der Waals surface area contributed by atoms with Crippen LogP contribution in [0.25, 0.3) is 0 Å². The van der Waals surface area contributed by atoms with Gasteiger partial charge in [-0.2, -0.15) is 0 Å². The van der Waals surface area contributed by atoms with Crippen LogP contribution in [0.2, 0.25) is 0 Å². The zero-order valence-corrected chi connectivity index (χ0v) is 12.6. The average Bonchev–Trinajstić information content (AvgIpc) is 3.06. The predicted molar refractivity (Wildman–Crippen MR) is 83.2 cm³/mol. The number of alkyl halides is 1. The van der Waals surface area contributed by atoms with Crippen molar-refractivity contribution in [1.29, 1.82) is 0 Å². The summed E-state index contributed by atoms with van der Waals surface area (Å²) in [5.74, 6) is -0.133. The molecule has 1 aromatic carbocycles. The Kier molecular flexibility index (Phi) is 4.08. The summed E-state index contributed by atoms with van der Waals surface area (Å²) in [4.78, 5) is 14.8. The third-order valence-corrected chi connectivity index (χ3v) is 5.24. The third-order valence-electron chi connectivity index (χ3n) is 3.56. The molecule has 0 saturated carbocycles. The maximum Gasteiger partial charge on any atom is 0.242 e. The fraction of sp³-hybridized carbons (Fsp3) is 0.312. The molecule has 1 heterocycles. The minimum absolute atomic E-state index is 0.133. The Morgan fingerprint density at radius 3 is 2.85 bits per heavy atom. The number of amides is 1. The molecule has 3 rings (SSSR count). The third kappa shape index (κ3) is 2.89. The number of benzene rings is 1. The molecule has 1 unspecified atom stereocenters. The molecule has 1 atom stereocenters. The van der Waals surface area contributed by atoms with Gasteiger partial charge in [0.2, 0.25) is 5.91 Å². The smallest absolute Gasteiger partial charge is 0.242 e. The van der Waals surface area contributed by atoms with Gasteiger partial charge in [-0.3, -0.25) is 4.79 Å². The molecule has 104 valence electrons. The standard InChI is InChI=1S/C16H16ClNOS/c17-15(11-5-2-1-3-6-11)16(19)18-10-13-9-12-7-4-8-14(12)20-13/h1-3,5-6,9,15H,4,7-8,10H2,(H,18,19). The summed E-state index contributed by atoms with van der Waals surface area (Å²) in [5, 5.41) is 2.30. The number of rotatable bonds is 4. The minimum Gasteiger partial charge on any atom is -0.350 e. The highest BCUT2D eigenvalue weighted by molar-refractivity contribution is 7.12. The predicted octanol–water partition coefficient (Wildman–Crippen LogP) is 3.83. The van der Waals surface area contributed by atoms with E-state index in [1.807, 2.05) is 41.7 Å². The lowest BCUT2D eigenvalue weighted by Gasteiger charge is -2.10. The highest BCUT2D eigenvalue weighted by Gasteiger charge is 2.18. The number of halogens is 1. The van der Waals surface area contributed by atoms with E-state index in [1.54, 1.807) is 0 Å². The second-order valence-electron chi connectivity index (χ2n) is 5.01. The maximum atomic E-state index is 12.1. The monoisotopic (exact) mass is 305 g/mol. The van der Waals surface area contributed by atoms with E-state index in [0.29, 0.717) is 6.54 Å². The molecular formula is C16H16ClNOS. The maximum absolute atomic E-state index is 12.1. The second-order valence-corrected chi connectivity index (χ2v) is 6.66. The van der Waals surface area contributed by atoms with E-state index >= 15 is 0 Å². The normalized spacial score (nSPS) is 14.8. The van der Waals surface area contributed by atoms with Crippen molar-refractivity contribution in [2.24, 2.45) is 0 Å². The molecule has 1 N–H and O–H groups in total. The van der Waals surface area contributed by atoms with E-state index in [2.05, 4.69) is 11.4 Å². The minimum atomic E-state index is -0.622. The molecule has 1 amide bonds. The van der Waals surface area contributed by atoms with Gasteiger partial charge in [0.1, 0.15) is 5.38 Å². The van der Waals surface area contributed by atoms with E-state index < -0.39 is 5.38 Å². The summed E-state index contributed by atoms with van der Waals surface area (Å²) in [6, 6.07) is 11.7. The first kappa shape index (κ1) is 13.7. The molecule has 20 heavy (non-hydrogen) atoms. The molecule has 0 spiro atoms. The van der Waals surface area contributed by atoms with Gasteiger partial charge >= 0.3 is 0 Å². The van der Waals surface area contributed by atoms with Crippen LogP contribution < -0.4 is 5.32 Å². The Balaban J connectivity index is 1.59. The number of thiophene rings is 1. The van der Waals surface area contributed by atoms with Crippen LogP contribution in [0, 0.1) is 0 Å². The van der Waals surface area contributed by atoms with Crippen molar-refractivity contribution in [2.75, 3.05) is 0 Å². The van der Waals surface area contributed by atoms with Crippen molar-refractivity contribution in [3.05, 3.63) is 57.3 Å². The fourth-order valence-corrected chi connectivity index (χ4v) is 3.94. The number of carbonyl (C=O) groups is 1. The first-order valence-corrected chi connectivity index (χ1v) is 8.06. The van der Waals surface area contributed by atoms with Gasteiger partial charge in [0.25, 0.3) is 0 Å². The molecule has 4 heteroatoms.